The Bertz CT molecular complexity index is 318. The minimum Gasteiger partial charge on any atom is -0.314 e. The van der Waals surface area contributed by atoms with Crippen LogP contribution in [-0.2, 0) is 6.42 Å². The summed E-state index contributed by atoms with van der Waals surface area (Å²) in [6.45, 7) is 5.69. The molecule has 0 aromatic heterocycles. The Labute approximate surface area is 106 Å². The van der Waals surface area contributed by atoms with Crippen LogP contribution in [0.2, 0.25) is 0 Å². The minimum atomic E-state index is 0.630. The smallest absolute Gasteiger partial charge is 0.00104 e. The predicted molar refractivity (Wildman–Crippen MR) is 74.1 cm³/mol. The number of hydrogen-bond acceptors (Lipinski definition) is 1. The second kappa shape index (κ2) is 6.20. The van der Waals surface area contributed by atoms with Crippen LogP contribution in [0.4, 0.5) is 0 Å². The van der Waals surface area contributed by atoms with Crippen LogP contribution in [0.25, 0.3) is 0 Å². The maximum absolute atomic E-state index is 3.58. The molecule has 1 aliphatic rings. The summed E-state index contributed by atoms with van der Waals surface area (Å²) in [7, 11) is 0. The molecule has 0 spiro atoms. The van der Waals surface area contributed by atoms with Crippen molar-refractivity contribution >= 4 is 0 Å². The molecule has 1 saturated carbocycles. The summed E-state index contributed by atoms with van der Waals surface area (Å²) in [4.78, 5) is 0. The molecule has 0 saturated heterocycles. The molecule has 1 aromatic carbocycles. The summed E-state index contributed by atoms with van der Waals surface area (Å²) in [5.74, 6) is 1.89. The zero-order valence-corrected chi connectivity index (χ0v) is 11.2. The molecule has 1 N–H and O–H groups in total. The van der Waals surface area contributed by atoms with Gasteiger partial charge in [0.1, 0.15) is 0 Å². The van der Waals surface area contributed by atoms with E-state index < -0.39 is 0 Å². The second-order valence-corrected chi connectivity index (χ2v) is 5.68. The van der Waals surface area contributed by atoms with Crippen LogP contribution in [-0.4, -0.2) is 12.6 Å². The first-order chi connectivity index (χ1) is 8.25. The molecule has 0 amide bonds. The van der Waals surface area contributed by atoms with Crippen molar-refractivity contribution in [3.63, 3.8) is 0 Å². The fourth-order valence-electron chi connectivity index (χ4n) is 2.67. The van der Waals surface area contributed by atoms with Gasteiger partial charge >= 0.3 is 0 Å². The number of rotatable bonds is 6. The molecule has 1 aromatic rings. The fraction of sp³-hybridized carbons (Fsp3) is 0.625. The predicted octanol–water partition coefficient (Wildman–Crippen LogP) is 3.64. The maximum Gasteiger partial charge on any atom is 0.00104 e. The Morgan fingerprint density at radius 2 is 1.82 bits per heavy atom. The van der Waals surface area contributed by atoms with Gasteiger partial charge in [-0.25, -0.2) is 0 Å². The van der Waals surface area contributed by atoms with E-state index in [9.17, 15) is 0 Å². The molecule has 17 heavy (non-hydrogen) atoms. The second-order valence-electron chi connectivity index (χ2n) is 5.68. The number of aryl methyl sites for hydroxylation is 1. The number of hydrogen-bond donors (Lipinski definition) is 1. The van der Waals surface area contributed by atoms with Crippen molar-refractivity contribution in [3.05, 3.63) is 35.9 Å². The van der Waals surface area contributed by atoms with E-state index in [2.05, 4.69) is 49.5 Å². The normalized spacial score (nSPS) is 23.7. The van der Waals surface area contributed by atoms with Crippen molar-refractivity contribution in [2.75, 3.05) is 6.54 Å². The van der Waals surface area contributed by atoms with Gasteiger partial charge in [-0.3, -0.25) is 0 Å². The quantitative estimate of drug-likeness (QED) is 0.788. The lowest BCUT2D eigenvalue weighted by Crippen LogP contribution is -2.38. The van der Waals surface area contributed by atoms with Crippen LogP contribution in [0.1, 0.15) is 38.7 Å². The molecule has 1 heteroatoms. The zero-order valence-electron chi connectivity index (χ0n) is 11.2. The van der Waals surface area contributed by atoms with Gasteiger partial charge < -0.3 is 5.32 Å². The summed E-state index contributed by atoms with van der Waals surface area (Å²) in [6, 6.07) is 11.5. The molecule has 1 nitrogen and oxygen atoms in total. The molecule has 0 aliphatic heterocycles. The van der Waals surface area contributed by atoms with Crippen LogP contribution in [0.3, 0.4) is 0 Å². The molecular weight excluding hydrogens is 206 g/mol. The van der Waals surface area contributed by atoms with Crippen molar-refractivity contribution < 1.29 is 0 Å². The van der Waals surface area contributed by atoms with Gasteiger partial charge in [0.05, 0.1) is 0 Å². The Hall–Kier alpha value is -0.820. The Morgan fingerprint density at radius 1 is 1.12 bits per heavy atom. The van der Waals surface area contributed by atoms with E-state index in [1.54, 1.807) is 0 Å². The van der Waals surface area contributed by atoms with Crippen molar-refractivity contribution in [2.24, 2.45) is 11.8 Å². The number of benzene rings is 1. The standard InChI is InChI=1S/C16H25N/c1-13(2)17-12-16-11-10-15(16)9-8-14-6-4-3-5-7-14/h3-7,13,15-17H,8-12H2,1-2H3. The first-order valence-corrected chi connectivity index (χ1v) is 7.03. The number of nitrogens with one attached hydrogen (secondary N) is 1. The highest BCUT2D eigenvalue weighted by atomic mass is 14.9. The molecule has 1 fully saturated rings. The van der Waals surface area contributed by atoms with E-state index in [1.165, 1.54) is 37.8 Å². The van der Waals surface area contributed by atoms with Crippen molar-refractivity contribution in [3.8, 4) is 0 Å². The molecule has 2 atom stereocenters. The molecule has 2 unspecified atom stereocenters. The largest absolute Gasteiger partial charge is 0.314 e. The van der Waals surface area contributed by atoms with E-state index in [0.717, 1.165) is 11.8 Å². The van der Waals surface area contributed by atoms with Gasteiger partial charge in [0, 0.05) is 6.04 Å². The Kier molecular flexibility index (Phi) is 4.61. The molecule has 0 bridgehead atoms. The van der Waals surface area contributed by atoms with Crippen LogP contribution >= 0.6 is 0 Å². The minimum absolute atomic E-state index is 0.630. The van der Waals surface area contributed by atoms with E-state index in [1.807, 2.05) is 0 Å². The van der Waals surface area contributed by atoms with E-state index in [4.69, 9.17) is 0 Å². The summed E-state index contributed by atoms with van der Waals surface area (Å²) in [5.41, 5.74) is 1.50. The van der Waals surface area contributed by atoms with Gasteiger partial charge in [0.2, 0.25) is 0 Å². The summed E-state index contributed by atoms with van der Waals surface area (Å²) in [5, 5.41) is 3.58. The zero-order chi connectivity index (χ0) is 12.1. The molecule has 1 aliphatic carbocycles. The molecule has 2 rings (SSSR count). The van der Waals surface area contributed by atoms with Gasteiger partial charge in [-0.1, -0.05) is 44.2 Å². The van der Waals surface area contributed by atoms with Crippen LogP contribution < -0.4 is 5.32 Å². The topological polar surface area (TPSA) is 12.0 Å². The van der Waals surface area contributed by atoms with Crippen molar-refractivity contribution in [2.45, 2.75) is 45.6 Å². The van der Waals surface area contributed by atoms with Crippen LogP contribution in [0, 0.1) is 11.8 Å². The SMILES string of the molecule is CC(C)NCC1CCC1CCc1ccccc1. The third-order valence-electron chi connectivity index (χ3n) is 4.01. The highest BCUT2D eigenvalue weighted by molar-refractivity contribution is 5.14. The van der Waals surface area contributed by atoms with Gasteiger partial charge in [-0.15, -0.1) is 0 Å². The summed E-state index contributed by atoms with van der Waals surface area (Å²) < 4.78 is 0. The van der Waals surface area contributed by atoms with E-state index in [-0.39, 0.29) is 0 Å². The lowest BCUT2D eigenvalue weighted by molar-refractivity contribution is 0.158. The van der Waals surface area contributed by atoms with Gasteiger partial charge in [-0.05, 0) is 49.6 Å². The monoisotopic (exact) mass is 231 g/mol. The Balaban J connectivity index is 1.69. The maximum atomic E-state index is 3.58. The van der Waals surface area contributed by atoms with E-state index >= 15 is 0 Å². The lowest BCUT2D eigenvalue weighted by atomic mass is 9.71. The molecule has 94 valence electrons. The van der Waals surface area contributed by atoms with Gasteiger partial charge in [0.15, 0.2) is 0 Å². The lowest BCUT2D eigenvalue weighted by Gasteiger charge is -2.37. The Morgan fingerprint density at radius 3 is 2.41 bits per heavy atom. The fourth-order valence-corrected chi connectivity index (χ4v) is 2.67. The van der Waals surface area contributed by atoms with Gasteiger partial charge in [0.25, 0.3) is 0 Å². The average molecular weight is 231 g/mol. The van der Waals surface area contributed by atoms with Crippen LogP contribution in [0.5, 0.6) is 0 Å². The van der Waals surface area contributed by atoms with E-state index in [0.29, 0.717) is 6.04 Å². The summed E-state index contributed by atoms with van der Waals surface area (Å²) in [6.07, 6.45) is 5.49. The molecular formula is C16H25N. The highest BCUT2D eigenvalue weighted by Gasteiger charge is 2.29. The van der Waals surface area contributed by atoms with Crippen molar-refractivity contribution in [1.29, 1.82) is 0 Å². The summed E-state index contributed by atoms with van der Waals surface area (Å²) >= 11 is 0. The first-order valence-electron chi connectivity index (χ1n) is 7.03. The molecule has 0 heterocycles. The van der Waals surface area contributed by atoms with Crippen LogP contribution in [0.15, 0.2) is 30.3 Å². The van der Waals surface area contributed by atoms with Crippen molar-refractivity contribution in [1.82, 2.24) is 5.32 Å². The highest BCUT2D eigenvalue weighted by Crippen LogP contribution is 2.37. The first kappa shape index (κ1) is 12.6. The van der Waals surface area contributed by atoms with Gasteiger partial charge in [-0.2, -0.15) is 0 Å². The third kappa shape index (κ3) is 3.85. The third-order valence-corrected chi connectivity index (χ3v) is 4.01. The molecule has 0 radical (unpaired) electrons. The average Bonchev–Trinajstić information content (AvgIpc) is 2.29.